The van der Waals surface area contributed by atoms with Crippen molar-refractivity contribution in [1.82, 2.24) is 29.3 Å². The SMILES string of the molecule is CCc1nc(N)n(-c2nc3cnccc3n2C2CCCCC2)n1. The van der Waals surface area contributed by atoms with Gasteiger partial charge in [0.2, 0.25) is 11.9 Å². The van der Waals surface area contributed by atoms with E-state index in [4.69, 9.17) is 10.7 Å². The molecule has 1 aliphatic rings. The third kappa shape index (κ3) is 2.36. The van der Waals surface area contributed by atoms with Gasteiger partial charge in [0, 0.05) is 18.7 Å². The summed E-state index contributed by atoms with van der Waals surface area (Å²) in [6.07, 6.45) is 10.5. The molecule has 0 saturated heterocycles. The number of aromatic nitrogens is 6. The number of anilines is 1. The minimum absolute atomic E-state index is 0.391. The second kappa shape index (κ2) is 5.64. The third-order valence-corrected chi connectivity index (χ3v) is 4.59. The van der Waals surface area contributed by atoms with E-state index in [2.05, 4.69) is 19.6 Å². The quantitative estimate of drug-likeness (QED) is 0.803. The Morgan fingerprint density at radius 2 is 2.04 bits per heavy atom. The van der Waals surface area contributed by atoms with Gasteiger partial charge >= 0.3 is 0 Å². The Morgan fingerprint density at radius 3 is 2.78 bits per heavy atom. The Balaban J connectivity index is 1.92. The number of hydrogen-bond acceptors (Lipinski definition) is 5. The first-order valence-corrected chi connectivity index (χ1v) is 8.31. The number of fused-ring (bicyclic) bond motifs is 1. The number of pyridine rings is 1. The molecule has 0 spiro atoms. The first-order valence-electron chi connectivity index (χ1n) is 8.31. The number of nitrogen functional groups attached to an aromatic ring is 1. The molecule has 4 rings (SSSR count). The summed E-state index contributed by atoms with van der Waals surface area (Å²) in [6, 6.07) is 2.45. The Morgan fingerprint density at radius 1 is 1.22 bits per heavy atom. The fraction of sp³-hybridized carbons (Fsp3) is 0.500. The van der Waals surface area contributed by atoms with E-state index < -0.39 is 0 Å². The van der Waals surface area contributed by atoms with Gasteiger partial charge in [-0.1, -0.05) is 26.2 Å². The van der Waals surface area contributed by atoms with Crippen molar-refractivity contribution in [3.05, 3.63) is 24.3 Å². The molecular weight excluding hydrogens is 290 g/mol. The minimum atomic E-state index is 0.391. The van der Waals surface area contributed by atoms with Gasteiger partial charge in [-0.15, -0.1) is 5.10 Å². The van der Waals surface area contributed by atoms with E-state index in [9.17, 15) is 0 Å². The monoisotopic (exact) mass is 311 g/mol. The maximum atomic E-state index is 6.09. The Labute approximate surface area is 134 Å². The van der Waals surface area contributed by atoms with Gasteiger partial charge in [0.1, 0.15) is 5.52 Å². The Hall–Kier alpha value is -2.44. The van der Waals surface area contributed by atoms with Gasteiger partial charge in [0.05, 0.1) is 11.7 Å². The van der Waals surface area contributed by atoms with Crippen molar-refractivity contribution in [2.24, 2.45) is 0 Å². The molecule has 3 aromatic heterocycles. The van der Waals surface area contributed by atoms with Gasteiger partial charge < -0.3 is 10.3 Å². The van der Waals surface area contributed by atoms with Gasteiger partial charge in [0.25, 0.3) is 0 Å². The average Bonchev–Trinajstić information content (AvgIpc) is 3.15. The maximum absolute atomic E-state index is 6.09. The lowest BCUT2D eigenvalue weighted by molar-refractivity contribution is 0.356. The second-order valence-corrected chi connectivity index (χ2v) is 6.09. The zero-order chi connectivity index (χ0) is 15.8. The lowest BCUT2D eigenvalue weighted by Crippen LogP contribution is -2.18. The van der Waals surface area contributed by atoms with E-state index in [0.29, 0.717) is 12.0 Å². The van der Waals surface area contributed by atoms with Crippen LogP contribution < -0.4 is 5.73 Å². The van der Waals surface area contributed by atoms with Gasteiger partial charge in [-0.25, -0.2) is 4.98 Å². The van der Waals surface area contributed by atoms with Crippen LogP contribution in [-0.4, -0.2) is 29.3 Å². The second-order valence-electron chi connectivity index (χ2n) is 6.09. The fourth-order valence-electron chi connectivity index (χ4n) is 3.45. The summed E-state index contributed by atoms with van der Waals surface area (Å²) in [5, 5.41) is 4.53. The van der Waals surface area contributed by atoms with Crippen molar-refractivity contribution in [2.45, 2.75) is 51.5 Å². The molecule has 0 aliphatic heterocycles. The third-order valence-electron chi connectivity index (χ3n) is 4.59. The van der Waals surface area contributed by atoms with Crippen LogP contribution in [0.5, 0.6) is 0 Å². The van der Waals surface area contributed by atoms with Crippen molar-refractivity contribution >= 4 is 17.0 Å². The number of nitrogens with zero attached hydrogens (tertiary/aromatic N) is 6. The zero-order valence-electron chi connectivity index (χ0n) is 13.3. The van der Waals surface area contributed by atoms with Crippen LogP contribution in [0, 0.1) is 0 Å². The molecule has 0 unspecified atom stereocenters. The minimum Gasteiger partial charge on any atom is -0.368 e. The van der Waals surface area contributed by atoms with Crippen molar-refractivity contribution in [2.75, 3.05) is 5.73 Å². The molecular formula is C16H21N7. The molecule has 7 nitrogen and oxygen atoms in total. The summed E-state index contributed by atoms with van der Waals surface area (Å²) in [6.45, 7) is 2.02. The molecule has 23 heavy (non-hydrogen) atoms. The predicted molar refractivity (Wildman–Crippen MR) is 88.4 cm³/mol. The molecule has 0 radical (unpaired) electrons. The van der Waals surface area contributed by atoms with E-state index in [1.807, 2.05) is 19.2 Å². The van der Waals surface area contributed by atoms with Crippen LogP contribution >= 0.6 is 0 Å². The Bertz CT molecular complexity index is 826. The smallest absolute Gasteiger partial charge is 0.235 e. The molecule has 3 aromatic rings. The molecule has 1 aliphatic carbocycles. The van der Waals surface area contributed by atoms with Crippen LogP contribution in [0.1, 0.15) is 50.9 Å². The van der Waals surface area contributed by atoms with Crippen molar-refractivity contribution < 1.29 is 0 Å². The number of aryl methyl sites for hydroxylation is 1. The summed E-state index contributed by atoms with van der Waals surface area (Å²) in [4.78, 5) is 13.3. The number of hydrogen-bond donors (Lipinski definition) is 1. The fourth-order valence-corrected chi connectivity index (χ4v) is 3.45. The van der Waals surface area contributed by atoms with Crippen LogP contribution in [0.15, 0.2) is 18.5 Å². The molecule has 3 heterocycles. The molecule has 0 amide bonds. The highest BCUT2D eigenvalue weighted by Crippen LogP contribution is 2.33. The molecule has 1 fully saturated rings. The van der Waals surface area contributed by atoms with Crippen LogP contribution in [-0.2, 0) is 6.42 Å². The largest absolute Gasteiger partial charge is 0.368 e. The average molecular weight is 311 g/mol. The molecule has 0 bridgehead atoms. The van der Waals surface area contributed by atoms with E-state index in [-0.39, 0.29) is 0 Å². The number of imidazole rings is 1. The standard InChI is InChI=1S/C16H21N7/c1-2-14-20-15(17)23(21-14)16-19-12-10-18-9-8-13(12)22(16)11-6-4-3-5-7-11/h8-11H,2-7H2,1H3,(H2,17,20,21). The van der Waals surface area contributed by atoms with Gasteiger partial charge in [-0.2, -0.15) is 9.67 Å². The summed E-state index contributed by atoms with van der Waals surface area (Å²) in [5.41, 5.74) is 8.06. The van der Waals surface area contributed by atoms with Crippen molar-refractivity contribution in [3.8, 4) is 5.95 Å². The zero-order valence-corrected chi connectivity index (χ0v) is 13.3. The Kier molecular flexibility index (Phi) is 3.48. The predicted octanol–water partition coefficient (Wildman–Crippen LogP) is 2.66. The van der Waals surface area contributed by atoms with E-state index >= 15 is 0 Å². The highest BCUT2D eigenvalue weighted by molar-refractivity contribution is 5.76. The first kappa shape index (κ1) is 14.2. The van der Waals surface area contributed by atoms with Crippen LogP contribution in [0.25, 0.3) is 17.0 Å². The van der Waals surface area contributed by atoms with Crippen molar-refractivity contribution in [1.29, 1.82) is 0 Å². The molecule has 120 valence electrons. The van der Waals surface area contributed by atoms with Crippen molar-refractivity contribution in [3.63, 3.8) is 0 Å². The summed E-state index contributed by atoms with van der Waals surface area (Å²) >= 11 is 0. The van der Waals surface area contributed by atoms with Gasteiger partial charge in [-0.05, 0) is 18.9 Å². The molecule has 0 atom stereocenters. The lowest BCUT2D eigenvalue weighted by Gasteiger charge is -2.25. The first-order chi connectivity index (χ1) is 11.3. The molecule has 2 N–H and O–H groups in total. The maximum Gasteiger partial charge on any atom is 0.235 e. The molecule has 1 saturated carbocycles. The topological polar surface area (TPSA) is 87.4 Å². The summed E-state index contributed by atoms with van der Waals surface area (Å²) in [5.74, 6) is 1.88. The highest BCUT2D eigenvalue weighted by Gasteiger charge is 2.24. The molecule has 0 aromatic carbocycles. The van der Waals surface area contributed by atoms with E-state index in [0.717, 1.165) is 42.1 Å². The van der Waals surface area contributed by atoms with Gasteiger partial charge in [-0.3, -0.25) is 4.98 Å². The van der Waals surface area contributed by atoms with E-state index in [1.165, 1.54) is 19.3 Å². The summed E-state index contributed by atoms with van der Waals surface area (Å²) < 4.78 is 3.95. The van der Waals surface area contributed by atoms with Crippen LogP contribution in [0.4, 0.5) is 5.95 Å². The normalized spacial score (nSPS) is 16.2. The molecule has 7 heteroatoms. The number of nitrogens with two attached hydrogens (primary N) is 1. The van der Waals surface area contributed by atoms with Crippen LogP contribution in [0.2, 0.25) is 0 Å². The summed E-state index contributed by atoms with van der Waals surface area (Å²) in [7, 11) is 0. The highest BCUT2D eigenvalue weighted by atomic mass is 15.5. The van der Waals surface area contributed by atoms with Gasteiger partial charge in [0.15, 0.2) is 5.82 Å². The van der Waals surface area contributed by atoms with E-state index in [1.54, 1.807) is 10.9 Å². The van der Waals surface area contributed by atoms with Crippen LogP contribution in [0.3, 0.4) is 0 Å². The number of rotatable bonds is 3. The lowest BCUT2D eigenvalue weighted by atomic mass is 9.95.